The molecule has 0 aromatic rings. The van der Waals surface area contributed by atoms with E-state index in [0.29, 0.717) is 65.2 Å². The topological polar surface area (TPSA) is 97.7 Å². The molecule has 1 unspecified atom stereocenters. The van der Waals surface area contributed by atoms with Crippen LogP contribution in [-0.2, 0) is 9.53 Å². The first-order valence-corrected chi connectivity index (χ1v) is 11.3. The van der Waals surface area contributed by atoms with Gasteiger partial charge in [0.2, 0.25) is 5.91 Å². The molecule has 0 bridgehead atoms. The molecule has 2 aliphatic rings. The van der Waals surface area contributed by atoms with Crippen LogP contribution in [-0.4, -0.2) is 79.3 Å². The van der Waals surface area contributed by atoms with Gasteiger partial charge in [-0.15, -0.1) is 0 Å². The highest BCUT2D eigenvalue weighted by atomic mass is 16.5. The van der Waals surface area contributed by atoms with Crippen molar-refractivity contribution >= 4 is 11.9 Å². The van der Waals surface area contributed by atoms with E-state index in [-0.39, 0.29) is 17.4 Å². The zero-order valence-electron chi connectivity index (χ0n) is 19.1. The van der Waals surface area contributed by atoms with Gasteiger partial charge in [0.25, 0.3) is 0 Å². The highest BCUT2D eigenvalue weighted by molar-refractivity contribution is 5.88. The van der Waals surface area contributed by atoms with Crippen molar-refractivity contribution < 1.29 is 14.3 Å². The van der Waals surface area contributed by atoms with Crippen molar-refractivity contribution in [3.63, 3.8) is 0 Å². The predicted octanol–water partition coefficient (Wildman–Crippen LogP) is 2.11. The lowest BCUT2D eigenvalue weighted by Crippen LogP contribution is -2.61. The van der Waals surface area contributed by atoms with Crippen molar-refractivity contribution in [2.75, 3.05) is 45.9 Å². The van der Waals surface area contributed by atoms with E-state index in [0.717, 1.165) is 12.8 Å². The number of piperidine rings is 1. The number of carbonyl (C=O) groups is 2. The summed E-state index contributed by atoms with van der Waals surface area (Å²) in [6, 6.07) is 1.60. The molecule has 2 aliphatic heterocycles. The fourth-order valence-electron chi connectivity index (χ4n) is 4.07. The highest BCUT2D eigenvalue weighted by Crippen LogP contribution is 2.29. The maximum Gasteiger partial charge on any atom is 0.318 e. The maximum absolute atomic E-state index is 13.7. The Bertz CT molecular complexity index is 613. The molecule has 170 valence electrons. The normalized spacial score (nSPS) is 20.2. The lowest BCUT2D eigenvalue weighted by molar-refractivity contribution is -0.139. The molecular weight excluding hydrogens is 382 g/mol. The van der Waals surface area contributed by atoms with Gasteiger partial charge in [-0.05, 0) is 50.6 Å². The molecule has 1 atom stereocenters. The summed E-state index contributed by atoms with van der Waals surface area (Å²) in [7, 11) is 0. The lowest BCUT2D eigenvalue weighted by atomic mass is 9.85. The molecule has 0 aromatic carbocycles. The van der Waals surface area contributed by atoms with Gasteiger partial charge in [0.1, 0.15) is 11.6 Å². The molecule has 0 radical (unpaired) electrons. The number of morpholine rings is 1. The Morgan fingerprint density at radius 3 is 2.43 bits per heavy atom. The molecule has 0 aromatic heterocycles. The van der Waals surface area contributed by atoms with Crippen molar-refractivity contribution in [2.45, 2.75) is 71.4 Å². The van der Waals surface area contributed by atoms with Crippen molar-refractivity contribution in [2.24, 2.45) is 5.41 Å². The summed E-state index contributed by atoms with van der Waals surface area (Å²) in [5.41, 5.74) is -0.762. The smallest absolute Gasteiger partial charge is 0.318 e. The second kappa shape index (κ2) is 11.0. The molecule has 2 fully saturated rings. The number of carbonyl (C=O) groups excluding carboxylic acids is 2. The zero-order valence-corrected chi connectivity index (χ0v) is 19.1. The molecule has 8 heteroatoms. The maximum atomic E-state index is 13.7. The number of nitrogens with zero attached hydrogens (tertiary/aromatic N) is 3. The number of ether oxygens (including phenoxy) is 1. The van der Waals surface area contributed by atoms with E-state index in [4.69, 9.17) is 4.74 Å². The van der Waals surface area contributed by atoms with Crippen LogP contribution in [0.15, 0.2) is 0 Å². The number of urea groups is 1. The van der Waals surface area contributed by atoms with Crippen LogP contribution in [0.3, 0.4) is 0 Å². The third-order valence-corrected chi connectivity index (χ3v) is 5.95. The first-order valence-electron chi connectivity index (χ1n) is 11.3. The van der Waals surface area contributed by atoms with Gasteiger partial charge in [0, 0.05) is 19.6 Å². The van der Waals surface area contributed by atoms with Crippen molar-refractivity contribution in [3.8, 4) is 6.07 Å². The van der Waals surface area contributed by atoms with Gasteiger partial charge in [0.05, 0.1) is 19.3 Å². The van der Waals surface area contributed by atoms with E-state index in [2.05, 4.69) is 37.5 Å². The average Bonchev–Trinajstić information content (AvgIpc) is 2.74. The monoisotopic (exact) mass is 421 g/mol. The minimum absolute atomic E-state index is 0.0412. The fraction of sp³-hybridized carbons (Fsp3) is 0.864. The Labute approximate surface area is 181 Å². The van der Waals surface area contributed by atoms with Gasteiger partial charge in [-0.2, -0.15) is 5.26 Å². The van der Waals surface area contributed by atoms with Crippen LogP contribution in [0.25, 0.3) is 0 Å². The Morgan fingerprint density at radius 2 is 1.90 bits per heavy atom. The molecular formula is C22H39N5O3. The second-order valence-corrected chi connectivity index (χ2v) is 9.58. The minimum Gasteiger partial charge on any atom is -0.378 e. The van der Waals surface area contributed by atoms with Gasteiger partial charge < -0.3 is 25.2 Å². The lowest BCUT2D eigenvalue weighted by Gasteiger charge is -2.43. The highest BCUT2D eigenvalue weighted by Gasteiger charge is 2.43. The van der Waals surface area contributed by atoms with E-state index < -0.39 is 11.6 Å². The molecule has 0 spiro atoms. The Hall–Kier alpha value is -1.85. The first-order chi connectivity index (χ1) is 14.2. The van der Waals surface area contributed by atoms with Gasteiger partial charge in [-0.1, -0.05) is 27.7 Å². The van der Waals surface area contributed by atoms with Crippen LogP contribution in [0.4, 0.5) is 4.79 Å². The molecule has 3 amide bonds. The summed E-state index contributed by atoms with van der Waals surface area (Å²) < 4.78 is 5.33. The summed E-state index contributed by atoms with van der Waals surface area (Å²) in [4.78, 5) is 30.0. The molecule has 2 rings (SSSR count). The summed E-state index contributed by atoms with van der Waals surface area (Å²) in [6.07, 6.45) is 3.34. The number of hydrogen-bond acceptors (Lipinski definition) is 5. The zero-order chi connectivity index (χ0) is 22.2. The van der Waals surface area contributed by atoms with Crippen LogP contribution in [0, 0.1) is 16.7 Å². The number of nitriles is 1. The Kier molecular flexibility index (Phi) is 8.92. The quantitative estimate of drug-likeness (QED) is 0.656. The van der Waals surface area contributed by atoms with Crippen molar-refractivity contribution in [1.82, 2.24) is 20.4 Å². The summed E-state index contributed by atoms with van der Waals surface area (Å²) in [6.45, 7) is 12.4. The first kappa shape index (κ1) is 24.4. The van der Waals surface area contributed by atoms with E-state index in [1.165, 1.54) is 0 Å². The second-order valence-electron chi connectivity index (χ2n) is 9.58. The molecule has 30 heavy (non-hydrogen) atoms. The third kappa shape index (κ3) is 6.58. The van der Waals surface area contributed by atoms with Crippen LogP contribution < -0.4 is 10.6 Å². The van der Waals surface area contributed by atoms with Gasteiger partial charge in [-0.3, -0.25) is 4.79 Å². The Morgan fingerprint density at radius 1 is 1.27 bits per heavy atom. The van der Waals surface area contributed by atoms with E-state index in [1.54, 1.807) is 9.80 Å². The Balaban J connectivity index is 2.22. The number of nitrogens with one attached hydrogen (secondary N) is 2. The number of rotatable bonds is 7. The molecule has 0 aliphatic carbocycles. The van der Waals surface area contributed by atoms with Gasteiger partial charge in [-0.25, -0.2) is 4.79 Å². The minimum atomic E-state index is -0.804. The fourth-order valence-corrected chi connectivity index (χ4v) is 4.07. The number of hydrogen-bond donors (Lipinski definition) is 2. The largest absolute Gasteiger partial charge is 0.378 e. The summed E-state index contributed by atoms with van der Waals surface area (Å²) in [5.74, 6) is -0.133. The van der Waals surface area contributed by atoms with Crippen LogP contribution in [0.1, 0.15) is 59.8 Å². The predicted molar refractivity (Wildman–Crippen MR) is 116 cm³/mol. The summed E-state index contributed by atoms with van der Waals surface area (Å²) in [5, 5.41) is 16.3. The molecule has 2 heterocycles. The average molecular weight is 422 g/mol. The van der Waals surface area contributed by atoms with E-state index in [1.807, 2.05) is 6.92 Å². The SMILES string of the molecule is CCCN(C(=O)C(CCC(C)(C)C)NC(=O)N1CCOCC1)C1(C#N)CCNCC1. The van der Waals surface area contributed by atoms with Gasteiger partial charge in [0.15, 0.2) is 0 Å². The van der Waals surface area contributed by atoms with Crippen LogP contribution >= 0.6 is 0 Å². The molecule has 0 saturated carbocycles. The van der Waals surface area contributed by atoms with E-state index in [9.17, 15) is 14.9 Å². The number of amides is 3. The van der Waals surface area contributed by atoms with Crippen LogP contribution in [0.5, 0.6) is 0 Å². The van der Waals surface area contributed by atoms with Crippen molar-refractivity contribution in [1.29, 1.82) is 5.26 Å². The molecule has 2 N–H and O–H groups in total. The standard InChI is InChI=1S/C22H39N5O3/c1-5-12-27(22(17-23)8-10-24-11-9-22)19(28)18(6-7-21(2,3)4)25-20(29)26-13-15-30-16-14-26/h18,24H,5-16H2,1-4H3,(H,25,29). The summed E-state index contributed by atoms with van der Waals surface area (Å²) >= 11 is 0. The molecule has 2 saturated heterocycles. The van der Waals surface area contributed by atoms with E-state index >= 15 is 0 Å². The third-order valence-electron chi connectivity index (χ3n) is 5.95. The van der Waals surface area contributed by atoms with Gasteiger partial charge >= 0.3 is 6.03 Å². The van der Waals surface area contributed by atoms with Crippen molar-refractivity contribution in [3.05, 3.63) is 0 Å². The van der Waals surface area contributed by atoms with Crippen LogP contribution in [0.2, 0.25) is 0 Å². The molecule has 8 nitrogen and oxygen atoms in total.